The van der Waals surface area contributed by atoms with Gasteiger partial charge in [-0.05, 0) is 12.1 Å². The van der Waals surface area contributed by atoms with Crippen LogP contribution in [0, 0.1) is 0 Å². The highest BCUT2D eigenvalue weighted by Gasteiger charge is 2.33. The van der Waals surface area contributed by atoms with E-state index in [-0.39, 0.29) is 11.3 Å². The third-order valence-corrected chi connectivity index (χ3v) is 2.19. The Morgan fingerprint density at radius 2 is 1.94 bits per heavy atom. The van der Waals surface area contributed by atoms with Crippen molar-refractivity contribution in [2.45, 2.75) is 6.18 Å². The summed E-state index contributed by atoms with van der Waals surface area (Å²) in [5.41, 5.74) is -1.33. The molecule has 2 aromatic heterocycles. The van der Waals surface area contributed by atoms with E-state index in [0.29, 0.717) is 0 Å². The van der Waals surface area contributed by atoms with Crippen molar-refractivity contribution in [1.82, 2.24) is 9.97 Å². The van der Waals surface area contributed by atoms with Crippen molar-refractivity contribution in [3.8, 4) is 11.3 Å². The molecule has 6 heteroatoms. The highest BCUT2D eigenvalue weighted by Crippen LogP contribution is 2.35. The van der Waals surface area contributed by atoms with Gasteiger partial charge in [-0.1, -0.05) is 6.07 Å². The van der Waals surface area contributed by atoms with Crippen LogP contribution >= 0.6 is 0 Å². The molecule has 0 amide bonds. The molecule has 2 aromatic rings. The molecule has 0 saturated carbocycles. The molecular formula is C11H7F3N2O. The lowest BCUT2D eigenvalue weighted by Crippen LogP contribution is -2.10. The fourth-order valence-corrected chi connectivity index (χ4v) is 1.46. The van der Waals surface area contributed by atoms with Crippen LogP contribution in [0.1, 0.15) is 5.56 Å². The monoisotopic (exact) mass is 240 g/mol. The molecule has 0 aliphatic carbocycles. The zero-order valence-corrected chi connectivity index (χ0v) is 8.45. The minimum Gasteiger partial charge on any atom is -0.322 e. The Bertz CT molecular complexity index is 590. The summed E-state index contributed by atoms with van der Waals surface area (Å²) in [5.74, 6) is 0. The van der Waals surface area contributed by atoms with Crippen molar-refractivity contribution in [1.29, 1.82) is 0 Å². The lowest BCUT2D eigenvalue weighted by molar-refractivity contribution is -0.137. The van der Waals surface area contributed by atoms with Gasteiger partial charge >= 0.3 is 6.18 Å². The highest BCUT2D eigenvalue weighted by molar-refractivity contribution is 5.62. The van der Waals surface area contributed by atoms with Crippen LogP contribution in [0.5, 0.6) is 0 Å². The Balaban J connectivity index is 2.64. The van der Waals surface area contributed by atoms with Gasteiger partial charge in [0.1, 0.15) is 0 Å². The smallest absolute Gasteiger partial charge is 0.322 e. The Hall–Kier alpha value is -2.11. The minimum atomic E-state index is -4.48. The predicted octanol–water partition coefficient (Wildman–Crippen LogP) is 2.46. The summed E-state index contributed by atoms with van der Waals surface area (Å²) >= 11 is 0. The van der Waals surface area contributed by atoms with Crippen molar-refractivity contribution in [3.05, 3.63) is 52.6 Å². The maximum atomic E-state index is 12.7. The maximum absolute atomic E-state index is 12.7. The first-order chi connectivity index (χ1) is 7.98. The average Bonchev–Trinajstić information content (AvgIpc) is 2.28. The van der Waals surface area contributed by atoms with E-state index in [1.54, 1.807) is 0 Å². The van der Waals surface area contributed by atoms with Crippen LogP contribution in [0.25, 0.3) is 11.3 Å². The zero-order valence-electron chi connectivity index (χ0n) is 8.45. The van der Waals surface area contributed by atoms with Crippen LogP contribution in [0.2, 0.25) is 0 Å². The maximum Gasteiger partial charge on any atom is 0.417 e. The number of pyridine rings is 2. The molecule has 88 valence electrons. The molecule has 17 heavy (non-hydrogen) atoms. The van der Waals surface area contributed by atoms with Gasteiger partial charge in [-0.15, -0.1) is 0 Å². The predicted molar refractivity (Wildman–Crippen MR) is 55.3 cm³/mol. The van der Waals surface area contributed by atoms with Crippen molar-refractivity contribution in [3.63, 3.8) is 0 Å². The normalized spacial score (nSPS) is 11.5. The lowest BCUT2D eigenvalue weighted by atomic mass is 10.1. The second kappa shape index (κ2) is 4.04. The van der Waals surface area contributed by atoms with Gasteiger partial charge in [0, 0.05) is 24.0 Å². The van der Waals surface area contributed by atoms with Gasteiger partial charge < -0.3 is 4.98 Å². The number of nitrogens with zero attached hydrogens (tertiary/aromatic N) is 1. The molecule has 1 N–H and O–H groups in total. The first-order valence-electron chi connectivity index (χ1n) is 4.69. The molecule has 0 aromatic carbocycles. The highest BCUT2D eigenvalue weighted by atomic mass is 19.4. The quantitative estimate of drug-likeness (QED) is 0.832. The van der Waals surface area contributed by atoms with E-state index in [1.165, 1.54) is 18.2 Å². The summed E-state index contributed by atoms with van der Waals surface area (Å²) in [7, 11) is 0. The van der Waals surface area contributed by atoms with Gasteiger partial charge in [0.2, 0.25) is 5.56 Å². The summed E-state index contributed by atoms with van der Waals surface area (Å²) in [5, 5.41) is 0. The van der Waals surface area contributed by atoms with E-state index in [2.05, 4.69) is 9.97 Å². The van der Waals surface area contributed by atoms with Gasteiger partial charge in [0.25, 0.3) is 0 Å². The topological polar surface area (TPSA) is 45.8 Å². The van der Waals surface area contributed by atoms with E-state index in [4.69, 9.17) is 0 Å². The molecule has 0 aliphatic heterocycles. The standard InChI is InChI=1S/C11H7F3N2O/c12-11(13,14)8-4-5-15-6-7(8)9-2-1-3-10(17)16-9/h1-6H,(H,16,17). The summed E-state index contributed by atoms with van der Waals surface area (Å²) in [6.07, 6.45) is -2.34. The Morgan fingerprint density at radius 3 is 2.59 bits per heavy atom. The molecule has 0 saturated heterocycles. The number of alkyl halides is 3. The van der Waals surface area contributed by atoms with Gasteiger partial charge in [-0.2, -0.15) is 13.2 Å². The SMILES string of the molecule is O=c1cccc(-c2cnccc2C(F)(F)F)[nH]1. The van der Waals surface area contributed by atoms with E-state index >= 15 is 0 Å². The molecule has 0 aliphatic rings. The van der Waals surface area contributed by atoms with Crippen LogP contribution in [0.3, 0.4) is 0 Å². The number of nitrogens with one attached hydrogen (secondary N) is 1. The number of H-pyrrole nitrogens is 1. The van der Waals surface area contributed by atoms with E-state index in [9.17, 15) is 18.0 Å². The molecule has 0 radical (unpaired) electrons. The first kappa shape index (κ1) is 11.4. The number of hydrogen-bond acceptors (Lipinski definition) is 2. The molecule has 2 heterocycles. The van der Waals surface area contributed by atoms with Crippen LogP contribution < -0.4 is 5.56 Å². The average molecular weight is 240 g/mol. The van der Waals surface area contributed by atoms with Gasteiger partial charge in [-0.3, -0.25) is 9.78 Å². The van der Waals surface area contributed by atoms with Crippen molar-refractivity contribution < 1.29 is 13.2 Å². The Kier molecular flexibility index (Phi) is 2.71. The number of hydrogen-bond donors (Lipinski definition) is 1. The van der Waals surface area contributed by atoms with E-state index in [1.807, 2.05) is 0 Å². The Labute approximate surface area is 94.0 Å². The first-order valence-corrected chi connectivity index (χ1v) is 4.69. The third-order valence-electron chi connectivity index (χ3n) is 2.19. The van der Waals surface area contributed by atoms with Gasteiger partial charge in [0.15, 0.2) is 0 Å². The van der Waals surface area contributed by atoms with Crippen molar-refractivity contribution in [2.75, 3.05) is 0 Å². The molecule has 0 spiro atoms. The fraction of sp³-hybridized carbons (Fsp3) is 0.0909. The third kappa shape index (κ3) is 2.35. The summed E-state index contributed by atoms with van der Waals surface area (Å²) < 4.78 is 38.1. The van der Waals surface area contributed by atoms with E-state index < -0.39 is 17.3 Å². The van der Waals surface area contributed by atoms with Crippen LogP contribution in [-0.2, 0) is 6.18 Å². The molecule has 3 nitrogen and oxygen atoms in total. The molecule has 0 atom stereocenters. The fourth-order valence-electron chi connectivity index (χ4n) is 1.46. The second-order valence-corrected chi connectivity index (χ2v) is 3.35. The number of rotatable bonds is 1. The summed E-state index contributed by atoms with van der Waals surface area (Å²) in [6, 6.07) is 4.89. The zero-order chi connectivity index (χ0) is 12.5. The number of aromatic amines is 1. The van der Waals surface area contributed by atoms with Crippen LogP contribution in [-0.4, -0.2) is 9.97 Å². The van der Waals surface area contributed by atoms with E-state index in [0.717, 1.165) is 18.5 Å². The molecule has 2 rings (SSSR count). The van der Waals surface area contributed by atoms with Crippen LogP contribution in [0.4, 0.5) is 13.2 Å². The molecular weight excluding hydrogens is 233 g/mol. The van der Waals surface area contributed by atoms with Gasteiger partial charge in [-0.25, -0.2) is 0 Å². The second-order valence-electron chi connectivity index (χ2n) is 3.35. The lowest BCUT2D eigenvalue weighted by Gasteiger charge is -2.11. The molecule has 0 fully saturated rings. The minimum absolute atomic E-state index is 0.0953. The summed E-state index contributed by atoms with van der Waals surface area (Å²) in [6.45, 7) is 0. The Morgan fingerprint density at radius 1 is 1.18 bits per heavy atom. The molecule has 0 unspecified atom stereocenters. The van der Waals surface area contributed by atoms with Crippen molar-refractivity contribution in [2.24, 2.45) is 0 Å². The van der Waals surface area contributed by atoms with Gasteiger partial charge in [0.05, 0.1) is 11.3 Å². The summed E-state index contributed by atoms with van der Waals surface area (Å²) in [4.78, 5) is 17.1. The van der Waals surface area contributed by atoms with Crippen molar-refractivity contribution >= 4 is 0 Å². The largest absolute Gasteiger partial charge is 0.417 e. The molecule has 0 bridgehead atoms. The number of halogens is 3. The van der Waals surface area contributed by atoms with Crippen LogP contribution in [0.15, 0.2) is 41.5 Å². The number of aromatic nitrogens is 2.